The number of aliphatic carboxylic acids is 1. The van der Waals surface area contributed by atoms with Crippen LogP contribution in [0.5, 0.6) is 23.0 Å². The van der Waals surface area contributed by atoms with Crippen LogP contribution in [0.25, 0.3) is 0 Å². The highest BCUT2D eigenvalue weighted by Crippen LogP contribution is 2.29. The van der Waals surface area contributed by atoms with E-state index in [-0.39, 0.29) is 16.2 Å². The van der Waals surface area contributed by atoms with Crippen LogP contribution in [0.3, 0.4) is 0 Å². The van der Waals surface area contributed by atoms with Gasteiger partial charge in [-0.25, -0.2) is 8.42 Å². The molecule has 0 fully saturated rings. The topological polar surface area (TPSA) is 99.1 Å². The molecule has 0 radical (unpaired) electrons. The molecule has 0 spiro atoms. The Kier molecular flexibility index (Phi) is 7.37. The number of rotatable bonds is 10. The maximum absolute atomic E-state index is 13.1. The van der Waals surface area contributed by atoms with Crippen molar-refractivity contribution >= 4 is 15.8 Å². The van der Waals surface area contributed by atoms with Gasteiger partial charge in [0.05, 0.1) is 29.4 Å². The third-order valence-corrected chi connectivity index (χ3v) is 6.17. The molecule has 3 aromatic rings. The predicted molar refractivity (Wildman–Crippen MR) is 119 cm³/mol. The minimum atomic E-state index is -3.88. The molecule has 0 atom stereocenters. The zero-order valence-corrected chi connectivity index (χ0v) is 18.6. The molecule has 8 heteroatoms. The lowest BCUT2D eigenvalue weighted by atomic mass is 10.1. The smallest absolute Gasteiger partial charge is 0.307 e. The van der Waals surface area contributed by atoms with Crippen LogP contribution in [0.1, 0.15) is 19.4 Å². The monoisotopic (exact) mass is 456 g/mol. The second kappa shape index (κ2) is 10.2. The van der Waals surface area contributed by atoms with Gasteiger partial charge in [-0.3, -0.25) is 4.79 Å². The van der Waals surface area contributed by atoms with E-state index in [1.165, 1.54) is 30.3 Å². The van der Waals surface area contributed by atoms with Crippen molar-refractivity contribution in [3.8, 4) is 23.0 Å². The lowest BCUT2D eigenvalue weighted by molar-refractivity contribution is -0.136. The zero-order chi connectivity index (χ0) is 23.1. The Morgan fingerprint density at radius 2 is 1.28 bits per heavy atom. The molecule has 0 aromatic heterocycles. The van der Waals surface area contributed by atoms with Crippen molar-refractivity contribution in [2.45, 2.75) is 30.1 Å². The highest BCUT2D eigenvalue weighted by Gasteiger charge is 2.20. The standard InChI is InChI=1S/C24H24O7S/c1-3-29-18-5-7-19(8-6-18)31-20-9-11-22(12-10-20)32(27,28)23-14-17(15-24(25)26)13-21(16-23)30-4-2/h5-14,16H,3-4,15H2,1-2H3,(H,25,26). The number of hydrogen-bond donors (Lipinski definition) is 1. The number of hydrogen-bond acceptors (Lipinski definition) is 6. The van der Waals surface area contributed by atoms with Crippen molar-refractivity contribution in [1.29, 1.82) is 0 Å². The lowest BCUT2D eigenvalue weighted by Crippen LogP contribution is -2.06. The van der Waals surface area contributed by atoms with E-state index in [9.17, 15) is 13.2 Å². The molecular weight excluding hydrogens is 432 g/mol. The first-order chi connectivity index (χ1) is 15.3. The van der Waals surface area contributed by atoms with Crippen molar-refractivity contribution < 1.29 is 32.5 Å². The van der Waals surface area contributed by atoms with E-state index in [0.717, 1.165) is 5.75 Å². The summed E-state index contributed by atoms with van der Waals surface area (Å²) in [6.45, 7) is 4.57. The van der Waals surface area contributed by atoms with Crippen LogP contribution in [0.15, 0.2) is 76.5 Å². The van der Waals surface area contributed by atoms with Crippen molar-refractivity contribution in [2.24, 2.45) is 0 Å². The second-order valence-electron chi connectivity index (χ2n) is 6.80. The molecule has 168 valence electrons. The van der Waals surface area contributed by atoms with Gasteiger partial charge in [0.2, 0.25) is 9.84 Å². The molecule has 32 heavy (non-hydrogen) atoms. The Hall–Kier alpha value is -3.52. The van der Waals surface area contributed by atoms with Gasteiger partial charge in [-0.15, -0.1) is 0 Å². The summed E-state index contributed by atoms with van der Waals surface area (Å²) < 4.78 is 42.9. The summed E-state index contributed by atoms with van der Waals surface area (Å²) in [6.07, 6.45) is -0.307. The number of carbonyl (C=O) groups is 1. The Morgan fingerprint density at radius 3 is 1.84 bits per heavy atom. The van der Waals surface area contributed by atoms with Crippen LogP contribution in [0.2, 0.25) is 0 Å². The number of carboxylic acids is 1. The lowest BCUT2D eigenvalue weighted by Gasteiger charge is -2.11. The van der Waals surface area contributed by atoms with Crippen molar-refractivity contribution in [2.75, 3.05) is 13.2 Å². The van der Waals surface area contributed by atoms with Crippen molar-refractivity contribution in [1.82, 2.24) is 0 Å². The number of ether oxygens (including phenoxy) is 3. The summed E-state index contributed by atoms with van der Waals surface area (Å²) in [6, 6.07) is 17.4. The SMILES string of the molecule is CCOc1ccc(Oc2ccc(S(=O)(=O)c3cc(CC(=O)O)cc(OCC)c3)cc2)cc1. The van der Waals surface area contributed by atoms with Crippen LogP contribution < -0.4 is 14.2 Å². The molecule has 0 unspecified atom stereocenters. The molecular formula is C24H24O7S. The number of sulfone groups is 1. The Labute approximate surface area is 187 Å². The van der Waals surface area contributed by atoms with E-state index in [1.807, 2.05) is 6.92 Å². The molecule has 3 aromatic carbocycles. The van der Waals surface area contributed by atoms with Gasteiger partial charge < -0.3 is 19.3 Å². The van der Waals surface area contributed by atoms with Gasteiger partial charge >= 0.3 is 5.97 Å². The Balaban J connectivity index is 1.84. The fourth-order valence-corrected chi connectivity index (χ4v) is 4.39. The fourth-order valence-electron chi connectivity index (χ4n) is 3.04. The molecule has 0 aliphatic carbocycles. The van der Waals surface area contributed by atoms with Crippen LogP contribution in [0, 0.1) is 0 Å². The van der Waals surface area contributed by atoms with E-state index in [0.29, 0.717) is 36.0 Å². The average Bonchev–Trinajstić information content (AvgIpc) is 2.75. The summed E-state index contributed by atoms with van der Waals surface area (Å²) in [7, 11) is -3.88. The van der Waals surface area contributed by atoms with E-state index >= 15 is 0 Å². The summed E-state index contributed by atoms with van der Waals surface area (Å²) in [5.41, 5.74) is 0.345. The summed E-state index contributed by atoms with van der Waals surface area (Å²) >= 11 is 0. The number of benzene rings is 3. The van der Waals surface area contributed by atoms with Crippen LogP contribution in [-0.4, -0.2) is 32.7 Å². The molecule has 0 amide bonds. The first-order valence-corrected chi connectivity index (χ1v) is 11.5. The molecule has 1 N–H and O–H groups in total. The van der Waals surface area contributed by atoms with E-state index in [4.69, 9.17) is 19.3 Å². The van der Waals surface area contributed by atoms with Crippen LogP contribution >= 0.6 is 0 Å². The van der Waals surface area contributed by atoms with Crippen molar-refractivity contribution in [3.05, 3.63) is 72.3 Å². The van der Waals surface area contributed by atoms with Crippen molar-refractivity contribution in [3.63, 3.8) is 0 Å². The van der Waals surface area contributed by atoms with Gasteiger partial charge in [-0.05, 0) is 86.1 Å². The van der Waals surface area contributed by atoms with E-state index in [1.54, 1.807) is 43.3 Å². The van der Waals surface area contributed by atoms with Crippen LogP contribution in [0.4, 0.5) is 0 Å². The zero-order valence-electron chi connectivity index (χ0n) is 17.8. The first-order valence-electron chi connectivity index (χ1n) is 10.1. The molecule has 0 bridgehead atoms. The number of carboxylic acid groups (broad SMARTS) is 1. The molecule has 0 aliphatic rings. The minimum Gasteiger partial charge on any atom is -0.494 e. The van der Waals surface area contributed by atoms with Gasteiger partial charge in [0.1, 0.15) is 23.0 Å². The molecule has 3 rings (SSSR count). The third-order valence-electron chi connectivity index (χ3n) is 4.42. The second-order valence-corrected chi connectivity index (χ2v) is 8.75. The predicted octanol–water partition coefficient (Wildman–Crippen LogP) is 4.74. The quantitative estimate of drug-likeness (QED) is 0.470. The van der Waals surface area contributed by atoms with Gasteiger partial charge in [-0.1, -0.05) is 0 Å². The van der Waals surface area contributed by atoms with Crippen LogP contribution in [-0.2, 0) is 21.1 Å². The highest BCUT2D eigenvalue weighted by atomic mass is 32.2. The van der Waals surface area contributed by atoms with E-state index in [2.05, 4.69) is 0 Å². The normalized spacial score (nSPS) is 11.1. The largest absolute Gasteiger partial charge is 0.494 e. The minimum absolute atomic E-state index is 0.0279. The molecule has 0 saturated carbocycles. The summed E-state index contributed by atoms with van der Waals surface area (Å²) in [5, 5.41) is 9.08. The van der Waals surface area contributed by atoms with E-state index < -0.39 is 15.8 Å². The maximum atomic E-state index is 13.1. The maximum Gasteiger partial charge on any atom is 0.307 e. The average molecular weight is 457 g/mol. The molecule has 0 heterocycles. The summed E-state index contributed by atoms with van der Waals surface area (Å²) in [4.78, 5) is 11.1. The highest BCUT2D eigenvalue weighted by molar-refractivity contribution is 7.91. The third kappa shape index (κ3) is 5.79. The summed E-state index contributed by atoms with van der Waals surface area (Å²) in [5.74, 6) is 1.05. The van der Waals surface area contributed by atoms with Gasteiger partial charge in [0, 0.05) is 0 Å². The fraction of sp³-hybridized carbons (Fsp3) is 0.208. The molecule has 0 saturated heterocycles. The van der Waals surface area contributed by atoms with Gasteiger partial charge in [-0.2, -0.15) is 0 Å². The first kappa shape index (κ1) is 23.1. The Morgan fingerprint density at radius 1 is 0.750 bits per heavy atom. The molecule has 7 nitrogen and oxygen atoms in total. The molecule has 0 aliphatic heterocycles. The Bertz CT molecular complexity index is 1170. The van der Waals surface area contributed by atoms with Gasteiger partial charge in [0.15, 0.2) is 0 Å². The van der Waals surface area contributed by atoms with Gasteiger partial charge in [0.25, 0.3) is 0 Å².